The predicted octanol–water partition coefficient (Wildman–Crippen LogP) is 3.35. The van der Waals surface area contributed by atoms with Crippen LogP contribution in [0, 0.1) is 5.82 Å². The van der Waals surface area contributed by atoms with Gasteiger partial charge in [-0.3, -0.25) is 0 Å². The Morgan fingerprint density at radius 2 is 1.83 bits per heavy atom. The molecule has 1 aromatic heterocycles. The van der Waals surface area contributed by atoms with Gasteiger partial charge in [0.1, 0.15) is 17.7 Å². The van der Waals surface area contributed by atoms with Gasteiger partial charge < -0.3 is 19.7 Å². The Balaban J connectivity index is 1.62. The molecule has 7 heteroatoms. The van der Waals surface area contributed by atoms with Crippen LogP contribution >= 0.6 is 0 Å². The smallest absolute Gasteiger partial charge is 0.318 e. The van der Waals surface area contributed by atoms with Gasteiger partial charge in [-0.2, -0.15) is 0 Å². The van der Waals surface area contributed by atoms with Crippen molar-refractivity contribution in [1.82, 2.24) is 24.7 Å². The third-order valence-corrected chi connectivity index (χ3v) is 5.62. The van der Waals surface area contributed by atoms with Crippen molar-refractivity contribution in [3.63, 3.8) is 0 Å². The van der Waals surface area contributed by atoms with Crippen LogP contribution in [-0.2, 0) is 7.05 Å². The van der Waals surface area contributed by atoms with Gasteiger partial charge in [0.2, 0.25) is 0 Å². The molecule has 156 valence electrons. The number of amides is 2. The minimum Gasteiger partial charge on any atom is -0.336 e. The molecular formula is C23H26FN5O. The summed E-state index contributed by atoms with van der Waals surface area (Å²) in [5.74, 6) is 0.382. The van der Waals surface area contributed by atoms with Crippen molar-refractivity contribution in [2.75, 3.05) is 26.7 Å². The highest BCUT2D eigenvalue weighted by atomic mass is 19.1. The maximum atomic E-state index is 13.5. The summed E-state index contributed by atoms with van der Waals surface area (Å²) in [5, 5.41) is 3.14. The molecule has 0 bridgehead atoms. The first kappa shape index (κ1) is 20.1. The second-order valence-electron chi connectivity index (χ2n) is 7.71. The number of nitrogens with zero attached hydrogens (tertiary/aromatic N) is 4. The number of aromatic nitrogens is 2. The molecule has 0 radical (unpaired) electrons. The summed E-state index contributed by atoms with van der Waals surface area (Å²) in [6, 6.07) is 15.6. The highest BCUT2D eigenvalue weighted by Gasteiger charge is 2.32. The van der Waals surface area contributed by atoms with E-state index < -0.39 is 6.04 Å². The number of carbonyl (C=O) groups excluding carboxylic acids is 1. The van der Waals surface area contributed by atoms with Gasteiger partial charge in [-0.1, -0.05) is 42.5 Å². The van der Waals surface area contributed by atoms with E-state index in [-0.39, 0.29) is 17.9 Å². The van der Waals surface area contributed by atoms with Crippen molar-refractivity contribution in [3.8, 4) is 0 Å². The molecule has 2 amide bonds. The molecule has 30 heavy (non-hydrogen) atoms. The van der Waals surface area contributed by atoms with Crippen LogP contribution in [0.1, 0.15) is 29.0 Å². The van der Waals surface area contributed by atoms with Crippen molar-refractivity contribution in [2.24, 2.45) is 7.05 Å². The number of nitrogens with one attached hydrogen (secondary N) is 1. The van der Waals surface area contributed by atoms with Gasteiger partial charge >= 0.3 is 6.03 Å². The average Bonchev–Trinajstić information content (AvgIpc) is 3.18. The lowest BCUT2D eigenvalue weighted by Crippen LogP contribution is -2.53. The fourth-order valence-corrected chi connectivity index (χ4v) is 3.94. The first-order valence-corrected chi connectivity index (χ1v) is 10.1. The van der Waals surface area contributed by atoms with Crippen LogP contribution in [0.4, 0.5) is 9.18 Å². The summed E-state index contributed by atoms with van der Waals surface area (Å²) in [7, 11) is 3.95. The molecule has 4 rings (SSSR count). The Hall–Kier alpha value is -3.19. The van der Waals surface area contributed by atoms with Crippen LogP contribution in [0.15, 0.2) is 67.0 Å². The third kappa shape index (κ3) is 4.21. The monoisotopic (exact) mass is 407 g/mol. The largest absolute Gasteiger partial charge is 0.336 e. The van der Waals surface area contributed by atoms with Crippen molar-refractivity contribution in [2.45, 2.75) is 12.1 Å². The number of likely N-dealkylation sites (N-methyl/N-ethyl adjacent to an activating group) is 1. The summed E-state index contributed by atoms with van der Waals surface area (Å²) in [5.41, 5.74) is 1.89. The Morgan fingerprint density at radius 3 is 2.50 bits per heavy atom. The molecular weight excluding hydrogens is 381 g/mol. The van der Waals surface area contributed by atoms with Gasteiger partial charge in [0, 0.05) is 39.1 Å². The number of rotatable bonds is 4. The van der Waals surface area contributed by atoms with E-state index in [4.69, 9.17) is 0 Å². The number of imidazole rings is 1. The fourth-order valence-electron chi connectivity index (χ4n) is 3.94. The van der Waals surface area contributed by atoms with Crippen LogP contribution in [0.2, 0.25) is 0 Å². The molecule has 0 aliphatic carbocycles. The lowest BCUT2D eigenvalue weighted by molar-refractivity contribution is 0.107. The Labute approximate surface area is 175 Å². The molecule has 6 nitrogen and oxygen atoms in total. The van der Waals surface area contributed by atoms with Gasteiger partial charge in [-0.15, -0.1) is 0 Å². The highest BCUT2D eigenvalue weighted by Crippen LogP contribution is 2.27. The van der Waals surface area contributed by atoms with Gasteiger partial charge in [0.25, 0.3) is 0 Å². The molecule has 1 aliphatic heterocycles. The Kier molecular flexibility index (Phi) is 5.81. The average molecular weight is 407 g/mol. The number of halogens is 1. The van der Waals surface area contributed by atoms with Crippen LogP contribution in [0.5, 0.6) is 0 Å². The van der Waals surface area contributed by atoms with E-state index in [9.17, 15) is 9.18 Å². The van der Waals surface area contributed by atoms with Crippen molar-refractivity contribution in [3.05, 3.63) is 89.8 Å². The molecule has 0 spiro atoms. The maximum Gasteiger partial charge on any atom is 0.318 e. The Bertz CT molecular complexity index is 988. The summed E-state index contributed by atoms with van der Waals surface area (Å²) in [4.78, 5) is 22.0. The predicted molar refractivity (Wildman–Crippen MR) is 113 cm³/mol. The molecule has 3 aromatic rings. The summed E-state index contributed by atoms with van der Waals surface area (Å²) in [6.07, 6.45) is 3.53. The van der Waals surface area contributed by atoms with Gasteiger partial charge in [0.15, 0.2) is 0 Å². The lowest BCUT2D eigenvalue weighted by atomic mass is 10.0. The van der Waals surface area contributed by atoms with Gasteiger partial charge in [-0.25, -0.2) is 14.2 Å². The summed E-state index contributed by atoms with van der Waals surface area (Å²) < 4.78 is 15.3. The molecule has 1 saturated heterocycles. The fraction of sp³-hybridized carbons (Fsp3) is 0.304. The zero-order valence-corrected chi connectivity index (χ0v) is 17.2. The van der Waals surface area contributed by atoms with Crippen molar-refractivity contribution < 1.29 is 9.18 Å². The first-order valence-electron chi connectivity index (χ1n) is 10.1. The van der Waals surface area contributed by atoms with Gasteiger partial charge in [-0.05, 0) is 30.3 Å². The minimum absolute atomic E-state index is 0.0415. The van der Waals surface area contributed by atoms with Crippen molar-refractivity contribution in [1.29, 1.82) is 0 Å². The van der Waals surface area contributed by atoms with Crippen LogP contribution in [0.25, 0.3) is 0 Å². The molecule has 1 N–H and O–H groups in total. The number of carbonyl (C=O) groups is 1. The second kappa shape index (κ2) is 8.67. The Morgan fingerprint density at radius 1 is 1.10 bits per heavy atom. The number of urea groups is 1. The van der Waals surface area contributed by atoms with Crippen LogP contribution in [-0.4, -0.2) is 52.1 Å². The first-order chi connectivity index (χ1) is 14.5. The summed E-state index contributed by atoms with van der Waals surface area (Å²) >= 11 is 0. The molecule has 0 saturated carbocycles. The van der Waals surface area contributed by atoms with E-state index in [1.165, 1.54) is 12.1 Å². The number of benzene rings is 2. The lowest BCUT2D eigenvalue weighted by Gasteiger charge is -2.40. The summed E-state index contributed by atoms with van der Waals surface area (Å²) in [6.45, 7) is 2.19. The topological polar surface area (TPSA) is 53.4 Å². The van der Waals surface area contributed by atoms with E-state index in [0.29, 0.717) is 12.4 Å². The highest BCUT2D eigenvalue weighted by molar-refractivity contribution is 5.76. The van der Waals surface area contributed by atoms with E-state index in [2.05, 4.69) is 34.4 Å². The quantitative estimate of drug-likeness (QED) is 0.722. The molecule has 2 aromatic carbocycles. The third-order valence-electron chi connectivity index (χ3n) is 5.62. The van der Waals surface area contributed by atoms with Crippen LogP contribution in [0.3, 0.4) is 0 Å². The SMILES string of the molecule is CN1CCN(C(=O)NC(c2ccc(F)cc2)c2nccn2C)C(c2ccccc2)C1. The number of hydrogen-bond donors (Lipinski definition) is 1. The zero-order chi connectivity index (χ0) is 21.1. The molecule has 2 atom stereocenters. The number of hydrogen-bond acceptors (Lipinski definition) is 3. The second-order valence-corrected chi connectivity index (χ2v) is 7.71. The van der Waals surface area contributed by atoms with E-state index in [1.807, 2.05) is 40.9 Å². The standard InChI is InChI=1S/C23H26FN5O/c1-27-14-15-29(20(16-27)17-6-4-3-5-7-17)23(30)26-21(22-25-12-13-28(22)2)18-8-10-19(24)11-9-18/h3-13,20-21H,14-16H2,1-2H3,(H,26,30). The molecule has 2 unspecified atom stereocenters. The van der Waals surface area contributed by atoms with Crippen molar-refractivity contribution >= 4 is 6.03 Å². The maximum absolute atomic E-state index is 13.5. The minimum atomic E-state index is -0.478. The van der Waals surface area contributed by atoms with Crippen LogP contribution < -0.4 is 5.32 Å². The van der Waals surface area contributed by atoms with E-state index in [1.54, 1.807) is 18.3 Å². The number of aryl methyl sites for hydroxylation is 1. The molecule has 1 fully saturated rings. The van der Waals surface area contributed by atoms with E-state index in [0.717, 1.165) is 24.2 Å². The van der Waals surface area contributed by atoms with Gasteiger partial charge in [0.05, 0.1) is 6.04 Å². The number of piperazine rings is 1. The normalized spacial score (nSPS) is 18.2. The zero-order valence-electron chi connectivity index (χ0n) is 17.2. The molecule has 1 aliphatic rings. The molecule has 2 heterocycles. The van der Waals surface area contributed by atoms with E-state index >= 15 is 0 Å².